The molecule has 1 heterocycles. The van der Waals surface area contributed by atoms with E-state index in [0.29, 0.717) is 27.1 Å². The van der Waals surface area contributed by atoms with Gasteiger partial charge in [-0.3, -0.25) is 10.2 Å². The van der Waals surface area contributed by atoms with Gasteiger partial charge in [0.05, 0.1) is 13.2 Å². The van der Waals surface area contributed by atoms with Crippen molar-refractivity contribution in [3.63, 3.8) is 0 Å². The number of hydrazine groups is 1. The lowest BCUT2D eigenvalue weighted by atomic mass is 10.1. The zero-order chi connectivity index (χ0) is 13.8. The van der Waals surface area contributed by atoms with E-state index >= 15 is 0 Å². The largest absolute Gasteiger partial charge is 0.373 e. The number of fused-ring (bicyclic) bond motifs is 1. The maximum absolute atomic E-state index is 13.9. The minimum Gasteiger partial charge on any atom is -0.373 e. The Morgan fingerprint density at radius 2 is 2.37 bits per heavy atom. The van der Waals surface area contributed by atoms with Crippen molar-refractivity contribution >= 4 is 27.3 Å². The fraction of sp³-hybridized carbons (Fsp3) is 0.154. The Hall–Kier alpha value is -1.76. The van der Waals surface area contributed by atoms with Crippen LogP contribution in [0.2, 0.25) is 0 Å². The van der Waals surface area contributed by atoms with Gasteiger partial charge in [-0.15, -0.1) is 17.9 Å². The number of nitrogens with one attached hydrogen (secondary N) is 1. The highest BCUT2D eigenvalue weighted by Gasteiger charge is 2.20. The van der Waals surface area contributed by atoms with Crippen LogP contribution in [0.5, 0.6) is 0 Å². The summed E-state index contributed by atoms with van der Waals surface area (Å²) in [6, 6.07) is 4.72. The number of carbonyl (C=O) groups is 1. The Morgan fingerprint density at radius 1 is 1.58 bits per heavy atom. The number of hydrogen-bond acceptors (Lipinski definition) is 4. The van der Waals surface area contributed by atoms with E-state index in [0.717, 1.165) is 0 Å². The molecule has 0 spiro atoms. The standard InChI is InChI=1S/C13H13FN2O2S/c1-2-6-18-7-8-11-9(14)4-3-5-10(11)19-12(8)13(17)16-15/h2-5H,1,6-7,15H2,(H,16,17). The van der Waals surface area contributed by atoms with Crippen molar-refractivity contribution in [2.75, 3.05) is 6.61 Å². The molecular weight excluding hydrogens is 267 g/mol. The van der Waals surface area contributed by atoms with Crippen LogP contribution >= 0.6 is 11.3 Å². The molecule has 2 aromatic rings. The molecule has 100 valence electrons. The number of nitrogen functional groups attached to an aromatic ring is 1. The summed E-state index contributed by atoms with van der Waals surface area (Å²) in [5.74, 6) is 4.32. The molecule has 0 unspecified atom stereocenters. The van der Waals surface area contributed by atoms with Gasteiger partial charge in [-0.2, -0.15) is 0 Å². The molecule has 0 aliphatic rings. The lowest BCUT2D eigenvalue weighted by Gasteiger charge is -2.04. The number of nitrogens with two attached hydrogens (primary N) is 1. The molecule has 0 fully saturated rings. The van der Waals surface area contributed by atoms with E-state index in [2.05, 4.69) is 12.0 Å². The van der Waals surface area contributed by atoms with Crippen LogP contribution in [0, 0.1) is 5.82 Å². The van der Waals surface area contributed by atoms with E-state index in [9.17, 15) is 9.18 Å². The van der Waals surface area contributed by atoms with Gasteiger partial charge >= 0.3 is 0 Å². The topological polar surface area (TPSA) is 64.3 Å². The van der Waals surface area contributed by atoms with Crippen LogP contribution < -0.4 is 11.3 Å². The highest BCUT2D eigenvalue weighted by molar-refractivity contribution is 7.21. The predicted octanol–water partition coefficient (Wildman–Crippen LogP) is 2.35. The predicted molar refractivity (Wildman–Crippen MR) is 73.3 cm³/mol. The highest BCUT2D eigenvalue weighted by atomic mass is 32.1. The third kappa shape index (κ3) is 2.65. The van der Waals surface area contributed by atoms with E-state index in [1.54, 1.807) is 18.2 Å². The molecule has 0 aliphatic carbocycles. The molecule has 0 saturated heterocycles. The van der Waals surface area contributed by atoms with Gasteiger partial charge in [0.25, 0.3) is 5.91 Å². The normalized spacial score (nSPS) is 10.6. The summed E-state index contributed by atoms with van der Waals surface area (Å²) in [4.78, 5) is 12.1. The fourth-order valence-electron chi connectivity index (χ4n) is 1.80. The molecule has 1 amide bonds. The second kappa shape index (κ2) is 5.92. The summed E-state index contributed by atoms with van der Waals surface area (Å²) >= 11 is 1.19. The third-order valence-electron chi connectivity index (χ3n) is 2.58. The van der Waals surface area contributed by atoms with Crippen molar-refractivity contribution in [1.29, 1.82) is 0 Å². The lowest BCUT2D eigenvalue weighted by molar-refractivity contribution is 0.0951. The van der Waals surface area contributed by atoms with Gasteiger partial charge in [-0.1, -0.05) is 12.1 Å². The average molecular weight is 280 g/mol. The Morgan fingerprint density at radius 3 is 3.05 bits per heavy atom. The van der Waals surface area contributed by atoms with Crippen LogP contribution in [0.3, 0.4) is 0 Å². The van der Waals surface area contributed by atoms with Crippen LogP contribution in [-0.4, -0.2) is 12.5 Å². The number of amides is 1. The molecule has 0 atom stereocenters. The second-order valence-corrected chi connectivity index (χ2v) is 4.85. The lowest BCUT2D eigenvalue weighted by Crippen LogP contribution is -2.30. The summed E-state index contributed by atoms with van der Waals surface area (Å²) < 4.78 is 19.9. The van der Waals surface area contributed by atoms with Crippen LogP contribution in [-0.2, 0) is 11.3 Å². The maximum atomic E-state index is 13.9. The number of carbonyl (C=O) groups excluding carboxylic acids is 1. The molecule has 3 N–H and O–H groups in total. The summed E-state index contributed by atoms with van der Waals surface area (Å²) in [7, 11) is 0. The first-order chi connectivity index (χ1) is 9.19. The molecule has 1 aromatic heterocycles. The van der Waals surface area contributed by atoms with Crippen LogP contribution in [0.15, 0.2) is 30.9 Å². The molecule has 4 nitrogen and oxygen atoms in total. The maximum Gasteiger partial charge on any atom is 0.275 e. The van der Waals surface area contributed by atoms with Crippen molar-refractivity contribution in [2.24, 2.45) is 5.84 Å². The van der Waals surface area contributed by atoms with Gasteiger partial charge in [0, 0.05) is 15.6 Å². The molecule has 0 saturated carbocycles. The number of rotatable bonds is 5. The average Bonchev–Trinajstić information content (AvgIpc) is 2.78. The third-order valence-corrected chi connectivity index (χ3v) is 3.78. The molecular formula is C13H13FN2O2S. The van der Waals surface area contributed by atoms with Crippen molar-refractivity contribution in [3.05, 3.63) is 47.1 Å². The first-order valence-corrected chi connectivity index (χ1v) is 6.40. The molecule has 1 aromatic carbocycles. The molecule has 0 bridgehead atoms. The number of hydrogen-bond donors (Lipinski definition) is 2. The van der Waals surface area contributed by atoms with Gasteiger partial charge in [0.15, 0.2) is 0 Å². The van der Waals surface area contributed by atoms with Crippen LogP contribution in [0.1, 0.15) is 15.2 Å². The van der Waals surface area contributed by atoms with E-state index in [-0.39, 0.29) is 12.4 Å². The van der Waals surface area contributed by atoms with Crippen molar-refractivity contribution in [3.8, 4) is 0 Å². The van der Waals surface area contributed by atoms with Crippen LogP contribution in [0.25, 0.3) is 10.1 Å². The molecule has 2 rings (SSSR count). The number of benzene rings is 1. The summed E-state index contributed by atoms with van der Waals surface area (Å²) in [5.41, 5.74) is 2.58. The Bertz CT molecular complexity index is 624. The fourth-order valence-corrected chi connectivity index (χ4v) is 2.92. The minimum absolute atomic E-state index is 0.135. The molecule has 0 aliphatic heterocycles. The van der Waals surface area contributed by atoms with Crippen molar-refractivity contribution in [1.82, 2.24) is 5.43 Å². The van der Waals surface area contributed by atoms with Gasteiger partial charge < -0.3 is 4.74 Å². The molecule has 19 heavy (non-hydrogen) atoms. The van der Waals surface area contributed by atoms with E-state index in [4.69, 9.17) is 10.6 Å². The first kappa shape index (κ1) is 13.7. The second-order valence-electron chi connectivity index (χ2n) is 3.80. The summed E-state index contributed by atoms with van der Waals surface area (Å²) in [6.07, 6.45) is 1.59. The van der Waals surface area contributed by atoms with Gasteiger partial charge in [-0.25, -0.2) is 10.2 Å². The van der Waals surface area contributed by atoms with E-state index in [1.165, 1.54) is 17.4 Å². The number of thiophene rings is 1. The van der Waals surface area contributed by atoms with Crippen molar-refractivity contribution < 1.29 is 13.9 Å². The monoisotopic (exact) mass is 280 g/mol. The minimum atomic E-state index is -0.446. The van der Waals surface area contributed by atoms with Gasteiger partial charge in [0.1, 0.15) is 10.7 Å². The van der Waals surface area contributed by atoms with E-state index < -0.39 is 5.91 Å². The van der Waals surface area contributed by atoms with Gasteiger partial charge in [-0.05, 0) is 12.1 Å². The molecule has 6 heteroatoms. The zero-order valence-electron chi connectivity index (χ0n) is 10.1. The van der Waals surface area contributed by atoms with Gasteiger partial charge in [0.2, 0.25) is 0 Å². The highest BCUT2D eigenvalue weighted by Crippen LogP contribution is 2.33. The first-order valence-electron chi connectivity index (χ1n) is 5.58. The number of ether oxygens (including phenoxy) is 1. The summed E-state index contributed by atoms with van der Waals surface area (Å²) in [6.45, 7) is 4.00. The quantitative estimate of drug-likeness (QED) is 0.290. The number of halogens is 1. The molecule has 0 radical (unpaired) electrons. The van der Waals surface area contributed by atoms with Crippen LogP contribution in [0.4, 0.5) is 4.39 Å². The Kier molecular flexibility index (Phi) is 4.26. The zero-order valence-corrected chi connectivity index (χ0v) is 10.9. The SMILES string of the molecule is C=CCOCc1c(C(=O)NN)sc2cccc(F)c12. The Balaban J connectivity index is 2.53. The summed E-state index contributed by atoms with van der Waals surface area (Å²) in [5, 5.41) is 0.412. The van der Waals surface area contributed by atoms with Crippen molar-refractivity contribution in [2.45, 2.75) is 6.61 Å². The smallest absolute Gasteiger partial charge is 0.275 e. The Labute approximate surface area is 113 Å². The van der Waals surface area contributed by atoms with E-state index in [1.807, 2.05) is 0 Å².